The lowest BCUT2D eigenvalue weighted by atomic mass is 10.2. The Kier molecular flexibility index (Phi) is 3.60. The summed E-state index contributed by atoms with van der Waals surface area (Å²) in [7, 11) is 0. The van der Waals surface area contributed by atoms with Crippen LogP contribution in [0, 0.1) is 0 Å². The first kappa shape index (κ1) is 12.6. The van der Waals surface area contributed by atoms with Crippen LogP contribution in [0.15, 0.2) is 55.4 Å². The highest BCUT2D eigenvalue weighted by Crippen LogP contribution is 2.24. The molecule has 20 heavy (non-hydrogen) atoms. The first-order valence-corrected chi connectivity index (χ1v) is 6.48. The van der Waals surface area contributed by atoms with Gasteiger partial charge in [-0.2, -0.15) is 5.10 Å². The highest BCUT2D eigenvalue weighted by molar-refractivity contribution is 6.31. The van der Waals surface area contributed by atoms with Crippen LogP contribution in [0.25, 0.3) is 5.69 Å². The van der Waals surface area contributed by atoms with E-state index in [1.165, 1.54) is 6.33 Å². The van der Waals surface area contributed by atoms with Gasteiger partial charge in [0, 0.05) is 24.0 Å². The highest BCUT2D eigenvalue weighted by atomic mass is 35.5. The lowest BCUT2D eigenvalue weighted by Crippen LogP contribution is -2.05. The van der Waals surface area contributed by atoms with Gasteiger partial charge in [-0.15, -0.1) is 0 Å². The Balaban J connectivity index is 1.87. The average molecular weight is 286 g/mol. The number of nitrogens with zero attached hydrogens (tertiary/aromatic N) is 4. The molecule has 0 fully saturated rings. The number of hydrogen-bond acceptors (Lipinski definition) is 4. The lowest BCUT2D eigenvalue weighted by Gasteiger charge is -2.12. The SMILES string of the molecule is Clc1ccc(-n2cncn2)c(NCc2ccncc2)c1. The predicted molar refractivity (Wildman–Crippen MR) is 77.9 cm³/mol. The molecular weight excluding hydrogens is 274 g/mol. The minimum absolute atomic E-state index is 0.672. The summed E-state index contributed by atoms with van der Waals surface area (Å²) in [6.07, 6.45) is 6.70. The third kappa shape index (κ3) is 2.78. The van der Waals surface area contributed by atoms with Crippen molar-refractivity contribution in [2.75, 3.05) is 5.32 Å². The molecule has 3 aromatic rings. The summed E-state index contributed by atoms with van der Waals surface area (Å²) in [6.45, 7) is 0.685. The quantitative estimate of drug-likeness (QED) is 0.801. The number of hydrogen-bond donors (Lipinski definition) is 1. The molecule has 0 bridgehead atoms. The molecule has 1 aromatic carbocycles. The van der Waals surface area contributed by atoms with Crippen molar-refractivity contribution < 1.29 is 0 Å². The van der Waals surface area contributed by atoms with Crippen molar-refractivity contribution in [3.63, 3.8) is 0 Å². The summed E-state index contributed by atoms with van der Waals surface area (Å²) in [5.41, 5.74) is 2.95. The van der Waals surface area contributed by atoms with Gasteiger partial charge >= 0.3 is 0 Å². The molecule has 3 rings (SSSR count). The standard InChI is InChI=1S/C14H12ClN5/c15-12-1-2-14(20-10-17-9-19-20)13(7-12)18-8-11-3-5-16-6-4-11/h1-7,9-10,18H,8H2. The van der Waals surface area contributed by atoms with E-state index in [9.17, 15) is 0 Å². The zero-order valence-corrected chi connectivity index (χ0v) is 11.3. The lowest BCUT2D eigenvalue weighted by molar-refractivity contribution is 0.877. The van der Waals surface area contributed by atoms with Crippen LogP contribution in [-0.2, 0) is 6.54 Å². The maximum absolute atomic E-state index is 6.06. The van der Waals surface area contributed by atoms with E-state index in [2.05, 4.69) is 20.4 Å². The Labute approximate surface area is 121 Å². The Morgan fingerprint density at radius 2 is 1.95 bits per heavy atom. The molecule has 5 nitrogen and oxygen atoms in total. The summed E-state index contributed by atoms with van der Waals surface area (Å²) < 4.78 is 1.70. The van der Waals surface area contributed by atoms with Crippen LogP contribution in [0.5, 0.6) is 0 Å². The van der Waals surface area contributed by atoms with Crippen molar-refractivity contribution in [2.24, 2.45) is 0 Å². The second-order valence-electron chi connectivity index (χ2n) is 4.21. The Hall–Kier alpha value is -2.40. The third-order valence-corrected chi connectivity index (χ3v) is 3.09. The molecule has 0 aliphatic rings. The van der Waals surface area contributed by atoms with Crippen LogP contribution in [0.4, 0.5) is 5.69 Å². The smallest absolute Gasteiger partial charge is 0.138 e. The topological polar surface area (TPSA) is 55.6 Å². The van der Waals surface area contributed by atoms with Crippen molar-refractivity contribution in [2.45, 2.75) is 6.54 Å². The minimum atomic E-state index is 0.672. The van der Waals surface area contributed by atoms with Crippen LogP contribution in [0.2, 0.25) is 5.02 Å². The van der Waals surface area contributed by atoms with Gasteiger partial charge in [0.05, 0.1) is 11.4 Å². The second-order valence-corrected chi connectivity index (χ2v) is 4.65. The van der Waals surface area contributed by atoms with Crippen molar-refractivity contribution in [3.8, 4) is 5.69 Å². The summed E-state index contributed by atoms with van der Waals surface area (Å²) >= 11 is 6.06. The normalized spacial score (nSPS) is 10.4. The number of nitrogens with one attached hydrogen (secondary N) is 1. The molecule has 2 aromatic heterocycles. The number of rotatable bonds is 4. The molecule has 0 atom stereocenters. The van der Waals surface area contributed by atoms with Crippen LogP contribution < -0.4 is 5.32 Å². The van der Waals surface area contributed by atoms with Crippen molar-refractivity contribution in [1.29, 1.82) is 0 Å². The largest absolute Gasteiger partial charge is 0.379 e. The Bertz CT molecular complexity index is 682. The molecule has 0 spiro atoms. The number of aromatic nitrogens is 4. The number of pyridine rings is 1. The van der Waals surface area contributed by atoms with Gasteiger partial charge in [0.2, 0.25) is 0 Å². The van der Waals surface area contributed by atoms with E-state index in [1.807, 2.05) is 30.3 Å². The number of halogens is 1. The van der Waals surface area contributed by atoms with E-state index in [0.717, 1.165) is 16.9 Å². The Morgan fingerprint density at radius 3 is 2.70 bits per heavy atom. The van der Waals surface area contributed by atoms with Gasteiger partial charge in [-0.25, -0.2) is 9.67 Å². The van der Waals surface area contributed by atoms with Gasteiger partial charge in [-0.3, -0.25) is 4.98 Å². The summed E-state index contributed by atoms with van der Waals surface area (Å²) in [6, 6.07) is 9.54. The molecule has 0 saturated heterocycles. The first-order chi connectivity index (χ1) is 9.83. The molecule has 0 aliphatic carbocycles. The molecule has 2 heterocycles. The van der Waals surface area contributed by atoms with Crippen LogP contribution >= 0.6 is 11.6 Å². The molecule has 0 radical (unpaired) electrons. The van der Waals surface area contributed by atoms with Gasteiger partial charge in [0.15, 0.2) is 0 Å². The second kappa shape index (κ2) is 5.71. The van der Waals surface area contributed by atoms with Crippen molar-refractivity contribution >= 4 is 17.3 Å². The van der Waals surface area contributed by atoms with E-state index < -0.39 is 0 Å². The molecule has 100 valence electrons. The molecular formula is C14H12ClN5. The molecule has 0 saturated carbocycles. The van der Waals surface area contributed by atoms with Gasteiger partial charge in [-0.1, -0.05) is 11.6 Å². The monoisotopic (exact) mass is 285 g/mol. The van der Waals surface area contributed by atoms with Gasteiger partial charge in [-0.05, 0) is 35.9 Å². The maximum atomic E-state index is 6.06. The fourth-order valence-electron chi connectivity index (χ4n) is 1.88. The van der Waals surface area contributed by atoms with Crippen molar-refractivity contribution in [1.82, 2.24) is 19.7 Å². The van der Waals surface area contributed by atoms with E-state index >= 15 is 0 Å². The predicted octanol–water partition coefficient (Wildman–Crippen LogP) is 2.93. The van der Waals surface area contributed by atoms with E-state index in [4.69, 9.17) is 11.6 Å². The van der Waals surface area contributed by atoms with Crippen LogP contribution in [-0.4, -0.2) is 19.7 Å². The van der Waals surface area contributed by atoms with Crippen LogP contribution in [0.3, 0.4) is 0 Å². The van der Waals surface area contributed by atoms with E-state index in [1.54, 1.807) is 23.4 Å². The maximum Gasteiger partial charge on any atom is 0.138 e. The molecule has 0 amide bonds. The fraction of sp³-hybridized carbons (Fsp3) is 0.0714. The average Bonchev–Trinajstić information content (AvgIpc) is 3.00. The van der Waals surface area contributed by atoms with Gasteiger partial charge in [0.25, 0.3) is 0 Å². The zero-order chi connectivity index (χ0) is 13.8. The molecule has 1 N–H and O–H groups in total. The first-order valence-electron chi connectivity index (χ1n) is 6.10. The molecule has 6 heteroatoms. The zero-order valence-electron chi connectivity index (χ0n) is 10.6. The minimum Gasteiger partial charge on any atom is -0.379 e. The van der Waals surface area contributed by atoms with E-state index in [0.29, 0.717) is 11.6 Å². The fourth-order valence-corrected chi connectivity index (χ4v) is 2.05. The third-order valence-electron chi connectivity index (χ3n) is 2.86. The van der Waals surface area contributed by atoms with Gasteiger partial charge in [0.1, 0.15) is 12.7 Å². The Morgan fingerprint density at radius 1 is 1.10 bits per heavy atom. The summed E-state index contributed by atoms with van der Waals surface area (Å²) in [5, 5.41) is 8.17. The number of anilines is 1. The summed E-state index contributed by atoms with van der Waals surface area (Å²) in [5.74, 6) is 0. The van der Waals surface area contributed by atoms with Crippen molar-refractivity contribution in [3.05, 3.63) is 66.0 Å². The highest BCUT2D eigenvalue weighted by Gasteiger charge is 2.06. The van der Waals surface area contributed by atoms with Gasteiger partial charge < -0.3 is 5.32 Å². The molecule has 0 aliphatic heterocycles. The number of benzene rings is 1. The molecule has 0 unspecified atom stereocenters. The van der Waals surface area contributed by atoms with Crippen LogP contribution in [0.1, 0.15) is 5.56 Å². The van der Waals surface area contributed by atoms with E-state index in [-0.39, 0.29) is 0 Å². The summed E-state index contributed by atoms with van der Waals surface area (Å²) in [4.78, 5) is 7.96.